The van der Waals surface area contributed by atoms with Crippen molar-refractivity contribution in [3.63, 3.8) is 0 Å². The summed E-state index contributed by atoms with van der Waals surface area (Å²) in [6.45, 7) is 4.34. The Hall–Kier alpha value is -2.62. The minimum Gasteiger partial charge on any atom is -0.346 e. The van der Waals surface area contributed by atoms with E-state index in [1.165, 1.54) is 24.0 Å². The lowest BCUT2D eigenvalue weighted by Crippen LogP contribution is -2.31. The zero-order chi connectivity index (χ0) is 18.8. The molecule has 1 aromatic heterocycles. The molecule has 0 saturated carbocycles. The average molecular weight is 361 g/mol. The highest BCUT2D eigenvalue weighted by Crippen LogP contribution is 2.24. The van der Waals surface area contributed by atoms with Crippen LogP contribution in [0.4, 0.5) is 0 Å². The van der Waals surface area contributed by atoms with Crippen molar-refractivity contribution in [1.29, 1.82) is 0 Å². The molecule has 27 heavy (non-hydrogen) atoms. The third-order valence-electron chi connectivity index (χ3n) is 5.31. The summed E-state index contributed by atoms with van der Waals surface area (Å²) in [5, 5.41) is 3.21. The second kappa shape index (κ2) is 7.55. The third kappa shape index (κ3) is 4.05. The average Bonchev–Trinajstić information content (AvgIpc) is 3.26. The Kier molecular flexibility index (Phi) is 4.97. The minimum atomic E-state index is -0.0978. The number of fused-ring (bicyclic) bond motifs is 2. The van der Waals surface area contributed by atoms with Gasteiger partial charge in [-0.1, -0.05) is 44.2 Å². The van der Waals surface area contributed by atoms with Crippen LogP contribution in [0.1, 0.15) is 55.2 Å². The summed E-state index contributed by atoms with van der Waals surface area (Å²) in [7, 11) is 0. The normalized spacial score (nSPS) is 14.5. The molecule has 4 heteroatoms. The minimum absolute atomic E-state index is 0.0547. The van der Waals surface area contributed by atoms with E-state index in [-0.39, 0.29) is 11.9 Å². The molecule has 4 nitrogen and oxygen atoms in total. The number of hydrogen-bond donors (Lipinski definition) is 2. The van der Waals surface area contributed by atoms with Crippen LogP contribution in [-0.4, -0.2) is 15.9 Å². The first-order valence-corrected chi connectivity index (χ1v) is 9.93. The smallest absolute Gasteiger partial charge is 0.225 e. The molecule has 1 atom stereocenters. The molecule has 1 heterocycles. The van der Waals surface area contributed by atoms with Crippen molar-refractivity contribution in [2.24, 2.45) is 5.92 Å². The second-order valence-electron chi connectivity index (χ2n) is 8.02. The zero-order valence-electron chi connectivity index (χ0n) is 16.1. The molecule has 2 aromatic carbocycles. The van der Waals surface area contributed by atoms with E-state index < -0.39 is 0 Å². The van der Waals surface area contributed by atoms with E-state index in [1.54, 1.807) is 0 Å². The van der Waals surface area contributed by atoms with E-state index in [1.807, 2.05) is 24.3 Å². The highest BCUT2D eigenvalue weighted by Gasteiger charge is 2.20. The van der Waals surface area contributed by atoms with Crippen LogP contribution < -0.4 is 5.32 Å². The fourth-order valence-corrected chi connectivity index (χ4v) is 4.01. The first-order valence-electron chi connectivity index (χ1n) is 9.93. The standard InChI is InChI=1S/C23H27N3O/c1-15(2)12-21(23-25-19-8-3-4-9-20(19)26-23)24-22(27)14-16-10-11-17-6-5-7-18(17)13-16/h3-4,8-11,13,15,21H,5-7,12,14H2,1-2H3,(H,24,27)(H,25,26)/t21-/m1/s1. The van der Waals surface area contributed by atoms with Gasteiger partial charge in [-0.3, -0.25) is 4.79 Å². The fourth-order valence-electron chi connectivity index (χ4n) is 4.01. The van der Waals surface area contributed by atoms with Crippen molar-refractivity contribution in [2.45, 2.75) is 52.0 Å². The van der Waals surface area contributed by atoms with Gasteiger partial charge in [0, 0.05) is 0 Å². The summed E-state index contributed by atoms with van der Waals surface area (Å²) < 4.78 is 0. The predicted molar refractivity (Wildman–Crippen MR) is 109 cm³/mol. The number of nitrogens with one attached hydrogen (secondary N) is 2. The molecule has 0 radical (unpaired) electrons. The molecule has 3 aromatic rings. The SMILES string of the molecule is CC(C)C[C@@H](NC(=O)Cc1ccc2c(c1)CCC2)c1nc2ccccc2[nH]1. The van der Waals surface area contributed by atoms with Crippen LogP contribution in [0.2, 0.25) is 0 Å². The van der Waals surface area contributed by atoms with Crippen molar-refractivity contribution in [3.8, 4) is 0 Å². The third-order valence-corrected chi connectivity index (χ3v) is 5.31. The Bertz CT molecular complexity index is 924. The molecule has 1 aliphatic rings. The first kappa shape index (κ1) is 17.8. The number of aryl methyl sites for hydroxylation is 2. The molecule has 2 N–H and O–H groups in total. The molecule has 140 valence electrons. The number of carbonyl (C=O) groups is 1. The van der Waals surface area contributed by atoms with E-state index in [0.717, 1.165) is 35.3 Å². The van der Waals surface area contributed by atoms with Gasteiger partial charge in [0.2, 0.25) is 5.91 Å². The number of benzene rings is 2. The summed E-state index contributed by atoms with van der Waals surface area (Å²) in [5.74, 6) is 1.36. The summed E-state index contributed by atoms with van der Waals surface area (Å²) in [6, 6.07) is 14.4. The molecule has 0 fully saturated rings. The highest BCUT2D eigenvalue weighted by molar-refractivity contribution is 5.79. The van der Waals surface area contributed by atoms with Gasteiger partial charge in [-0.05, 0) is 60.4 Å². The summed E-state index contributed by atoms with van der Waals surface area (Å²) in [5.41, 5.74) is 5.90. The lowest BCUT2D eigenvalue weighted by Gasteiger charge is -2.19. The Balaban J connectivity index is 1.50. The number of rotatable bonds is 6. The van der Waals surface area contributed by atoms with Crippen molar-refractivity contribution < 1.29 is 4.79 Å². The number of H-pyrrole nitrogens is 1. The summed E-state index contributed by atoms with van der Waals surface area (Å²) in [6.07, 6.45) is 4.81. The van der Waals surface area contributed by atoms with E-state index in [2.05, 4.69) is 42.3 Å². The molecule has 1 amide bonds. The van der Waals surface area contributed by atoms with Gasteiger partial charge in [-0.25, -0.2) is 4.98 Å². The van der Waals surface area contributed by atoms with Gasteiger partial charge in [0.05, 0.1) is 23.5 Å². The van der Waals surface area contributed by atoms with Gasteiger partial charge >= 0.3 is 0 Å². The highest BCUT2D eigenvalue weighted by atomic mass is 16.1. The summed E-state index contributed by atoms with van der Waals surface area (Å²) in [4.78, 5) is 20.8. The molecule has 0 spiro atoms. The van der Waals surface area contributed by atoms with Gasteiger partial charge in [0.25, 0.3) is 0 Å². The van der Waals surface area contributed by atoms with Crippen LogP contribution >= 0.6 is 0 Å². The van der Waals surface area contributed by atoms with Crippen molar-refractivity contribution in [1.82, 2.24) is 15.3 Å². The lowest BCUT2D eigenvalue weighted by atomic mass is 10.0. The molecule has 0 bridgehead atoms. The number of aromatic nitrogens is 2. The molecule has 0 aliphatic heterocycles. The van der Waals surface area contributed by atoms with E-state index >= 15 is 0 Å². The van der Waals surface area contributed by atoms with Gasteiger partial charge in [0.15, 0.2) is 0 Å². The Labute approximate surface area is 160 Å². The van der Waals surface area contributed by atoms with Gasteiger partial charge in [-0.2, -0.15) is 0 Å². The number of nitrogens with zero attached hydrogens (tertiary/aromatic N) is 1. The second-order valence-corrected chi connectivity index (χ2v) is 8.02. The Morgan fingerprint density at radius 3 is 2.78 bits per heavy atom. The van der Waals surface area contributed by atoms with Crippen LogP contribution in [-0.2, 0) is 24.1 Å². The van der Waals surface area contributed by atoms with Gasteiger partial charge in [0.1, 0.15) is 5.82 Å². The van der Waals surface area contributed by atoms with Gasteiger partial charge in [-0.15, -0.1) is 0 Å². The maximum Gasteiger partial charge on any atom is 0.225 e. The molecule has 1 aliphatic carbocycles. The number of aromatic amines is 1. The molecule has 0 saturated heterocycles. The van der Waals surface area contributed by atoms with Gasteiger partial charge < -0.3 is 10.3 Å². The maximum absolute atomic E-state index is 12.7. The van der Waals surface area contributed by atoms with Crippen LogP contribution in [0.15, 0.2) is 42.5 Å². The summed E-state index contributed by atoms with van der Waals surface area (Å²) >= 11 is 0. The van der Waals surface area contributed by atoms with Crippen LogP contribution in [0.5, 0.6) is 0 Å². The number of imidazole rings is 1. The van der Waals surface area contributed by atoms with Crippen LogP contribution in [0.25, 0.3) is 11.0 Å². The number of hydrogen-bond acceptors (Lipinski definition) is 2. The van der Waals surface area contributed by atoms with Crippen LogP contribution in [0, 0.1) is 5.92 Å². The fraction of sp³-hybridized carbons (Fsp3) is 0.391. The Morgan fingerprint density at radius 2 is 1.96 bits per heavy atom. The van der Waals surface area contributed by atoms with Crippen molar-refractivity contribution in [3.05, 3.63) is 65.0 Å². The molecule has 4 rings (SSSR count). The first-order chi connectivity index (χ1) is 13.1. The Morgan fingerprint density at radius 1 is 1.15 bits per heavy atom. The van der Waals surface area contributed by atoms with Crippen LogP contribution in [0.3, 0.4) is 0 Å². The zero-order valence-corrected chi connectivity index (χ0v) is 16.1. The van der Waals surface area contributed by atoms with Crippen molar-refractivity contribution >= 4 is 16.9 Å². The van der Waals surface area contributed by atoms with E-state index in [9.17, 15) is 4.79 Å². The van der Waals surface area contributed by atoms with E-state index in [4.69, 9.17) is 4.98 Å². The topological polar surface area (TPSA) is 57.8 Å². The molecular formula is C23H27N3O. The predicted octanol–water partition coefficient (Wildman–Crippen LogP) is 4.50. The number of para-hydroxylation sites is 2. The maximum atomic E-state index is 12.7. The largest absolute Gasteiger partial charge is 0.346 e. The van der Waals surface area contributed by atoms with E-state index in [0.29, 0.717) is 12.3 Å². The molecular weight excluding hydrogens is 334 g/mol. The number of carbonyl (C=O) groups excluding carboxylic acids is 1. The molecule has 0 unspecified atom stereocenters. The monoisotopic (exact) mass is 361 g/mol. The number of amides is 1. The van der Waals surface area contributed by atoms with Crippen molar-refractivity contribution in [2.75, 3.05) is 0 Å². The lowest BCUT2D eigenvalue weighted by molar-refractivity contribution is -0.121. The quantitative estimate of drug-likeness (QED) is 0.679.